The summed E-state index contributed by atoms with van der Waals surface area (Å²) in [7, 11) is 1.42. The van der Waals surface area contributed by atoms with Gasteiger partial charge in [-0.3, -0.25) is 9.69 Å². The lowest BCUT2D eigenvalue weighted by Crippen LogP contribution is -2.36. The van der Waals surface area contributed by atoms with Crippen molar-refractivity contribution in [3.63, 3.8) is 0 Å². The number of ether oxygens (including phenoxy) is 1. The highest BCUT2D eigenvalue weighted by atomic mass is 35.5. The quantitative estimate of drug-likeness (QED) is 0.881. The third-order valence-corrected chi connectivity index (χ3v) is 4.33. The smallest absolute Gasteiger partial charge is 0.323 e. The fourth-order valence-electron chi connectivity index (χ4n) is 2.97. The van der Waals surface area contributed by atoms with Crippen LogP contribution in [0.5, 0.6) is 0 Å². The Labute approximate surface area is 134 Å². The summed E-state index contributed by atoms with van der Waals surface area (Å²) in [6.07, 6.45) is 1.80. The van der Waals surface area contributed by atoms with Gasteiger partial charge in [0.25, 0.3) is 0 Å². The highest BCUT2D eigenvalue weighted by Gasteiger charge is 2.31. The van der Waals surface area contributed by atoms with Crippen molar-refractivity contribution in [1.82, 2.24) is 9.88 Å². The third-order valence-electron chi connectivity index (χ3n) is 4.10. The Kier molecular flexibility index (Phi) is 4.18. The number of fused-ring (bicyclic) bond motifs is 1. The van der Waals surface area contributed by atoms with Crippen LogP contribution in [0.15, 0.2) is 24.3 Å². The maximum Gasteiger partial charge on any atom is 0.323 e. The molecule has 22 heavy (non-hydrogen) atoms. The van der Waals surface area contributed by atoms with E-state index in [-0.39, 0.29) is 12.0 Å². The Morgan fingerprint density at radius 2 is 2.32 bits per heavy atom. The minimum absolute atomic E-state index is 0.187. The molecule has 1 aromatic carbocycles. The van der Waals surface area contributed by atoms with Crippen molar-refractivity contribution in [1.29, 1.82) is 0 Å². The molecule has 1 aliphatic rings. The van der Waals surface area contributed by atoms with E-state index in [0.717, 1.165) is 35.9 Å². The van der Waals surface area contributed by atoms with Crippen LogP contribution in [0.2, 0.25) is 5.02 Å². The number of aromatic nitrogens is 1. The van der Waals surface area contributed by atoms with Gasteiger partial charge in [0.2, 0.25) is 0 Å². The van der Waals surface area contributed by atoms with Gasteiger partial charge in [0.05, 0.1) is 12.6 Å². The summed E-state index contributed by atoms with van der Waals surface area (Å²) in [5, 5.41) is 1.61. The molecule has 5 nitrogen and oxygen atoms in total. The van der Waals surface area contributed by atoms with Crippen LogP contribution in [0, 0.1) is 0 Å². The zero-order valence-corrected chi connectivity index (χ0v) is 13.1. The number of nitrogen functional groups attached to an aromatic ring is 1. The van der Waals surface area contributed by atoms with E-state index in [1.54, 1.807) is 6.07 Å². The molecule has 0 amide bonds. The molecule has 116 valence electrons. The SMILES string of the molecule is COC(=O)[C@@H]1CCCN1Cc1cc2cc(Cl)ccc2nc1N. The van der Waals surface area contributed by atoms with Gasteiger partial charge in [-0.1, -0.05) is 11.6 Å². The lowest BCUT2D eigenvalue weighted by Gasteiger charge is -2.23. The first kappa shape index (κ1) is 15.1. The van der Waals surface area contributed by atoms with E-state index in [9.17, 15) is 4.79 Å². The number of pyridine rings is 1. The average Bonchev–Trinajstić information content (AvgIpc) is 2.96. The Morgan fingerprint density at radius 1 is 1.50 bits per heavy atom. The second-order valence-corrected chi connectivity index (χ2v) is 5.96. The van der Waals surface area contributed by atoms with Crippen molar-refractivity contribution in [3.8, 4) is 0 Å². The van der Waals surface area contributed by atoms with Crippen LogP contribution in [0.1, 0.15) is 18.4 Å². The first-order valence-electron chi connectivity index (χ1n) is 7.25. The number of hydrogen-bond donors (Lipinski definition) is 1. The Morgan fingerprint density at radius 3 is 3.09 bits per heavy atom. The highest BCUT2D eigenvalue weighted by Crippen LogP contribution is 2.26. The molecule has 0 unspecified atom stereocenters. The number of hydrogen-bond acceptors (Lipinski definition) is 5. The molecule has 0 spiro atoms. The molecule has 1 aromatic heterocycles. The molecule has 0 bridgehead atoms. The average molecular weight is 320 g/mol. The summed E-state index contributed by atoms with van der Waals surface area (Å²) in [6.45, 7) is 1.44. The van der Waals surface area contributed by atoms with E-state index in [0.29, 0.717) is 17.4 Å². The zero-order valence-electron chi connectivity index (χ0n) is 12.4. The number of carbonyl (C=O) groups is 1. The van der Waals surface area contributed by atoms with Gasteiger partial charge in [-0.05, 0) is 43.7 Å². The number of anilines is 1. The molecule has 1 saturated heterocycles. The normalized spacial score (nSPS) is 18.7. The number of halogens is 1. The summed E-state index contributed by atoms with van der Waals surface area (Å²) in [5.74, 6) is 0.304. The summed E-state index contributed by atoms with van der Waals surface area (Å²) in [6, 6.07) is 7.32. The second kappa shape index (κ2) is 6.10. The second-order valence-electron chi connectivity index (χ2n) is 5.52. The van der Waals surface area contributed by atoms with Gasteiger partial charge < -0.3 is 10.5 Å². The van der Waals surface area contributed by atoms with Crippen LogP contribution in [0.3, 0.4) is 0 Å². The molecular weight excluding hydrogens is 302 g/mol. The van der Waals surface area contributed by atoms with E-state index < -0.39 is 0 Å². The summed E-state index contributed by atoms with van der Waals surface area (Å²) >= 11 is 6.03. The van der Waals surface area contributed by atoms with Gasteiger partial charge in [-0.2, -0.15) is 0 Å². The topological polar surface area (TPSA) is 68.5 Å². The zero-order chi connectivity index (χ0) is 15.7. The predicted molar refractivity (Wildman–Crippen MR) is 86.6 cm³/mol. The number of nitrogens with zero attached hydrogens (tertiary/aromatic N) is 2. The minimum Gasteiger partial charge on any atom is -0.468 e. The number of esters is 1. The van der Waals surface area contributed by atoms with Gasteiger partial charge >= 0.3 is 5.97 Å². The van der Waals surface area contributed by atoms with Gasteiger partial charge in [-0.15, -0.1) is 0 Å². The number of nitrogens with two attached hydrogens (primary N) is 1. The van der Waals surface area contributed by atoms with E-state index >= 15 is 0 Å². The fraction of sp³-hybridized carbons (Fsp3) is 0.375. The van der Waals surface area contributed by atoms with E-state index in [1.807, 2.05) is 18.2 Å². The number of methoxy groups -OCH3 is 1. The van der Waals surface area contributed by atoms with Crippen molar-refractivity contribution in [3.05, 3.63) is 34.9 Å². The Bertz CT molecular complexity index is 720. The first-order valence-corrected chi connectivity index (χ1v) is 7.63. The highest BCUT2D eigenvalue weighted by molar-refractivity contribution is 6.31. The summed E-state index contributed by atoms with van der Waals surface area (Å²) in [4.78, 5) is 18.3. The lowest BCUT2D eigenvalue weighted by atomic mass is 10.1. The largest absolute Gasteiger partial charge is 0.468 e. The van der Waals surface area contributed by atoms with Crippen LogP contribution in [0.25, 0.3) is 10.9 Å². The predicted octanol–water partition coefficient (Wildman–Crippen LogP) is 2.61. The van der Waals surface area contributed by atoms with Gasteiger partial charge in [0, 0.05) is 22.5 Å². The maximum absolute atomic E-state index is 11.8. The number of rotatable bonds is 3. The van der Waals surface area contributed by atoms with Crippen molar-refractivity contribution in [2.45, 2.75) is 25.4 Å². The van der Waals surface area contributed by atoms with Gasteiger partial charge in [-0.25, -0.2) is 4.98 Å². The van der Waals surface area contributed by atoms with Crippen molar-refractivity contribution in [2.24, 2.45) is 0 Å². The van der Waals surface area contributed by atoms with Crippen LogP contribution in [-0.2, 0) is 16.1 Å². The lowest BCUT2D eigenvalue weighted by molar-refractivity contribution is -0.146. The Balaban J connectivity index is 1.89. The molecule has 0 radical (unpaired) electrons. The van der Waals surface area contributed by atoms with E-state index in [1.165, 1.54) is 7.11 Å². The van der Waals surface area contributed by atoms with Crippen LogP contribution < -0.4 is 5.73 Å². The molecule has 1 aliphatic heterocycles. The summed E-state index contributed by atoms with van der Waals surface area (Å²) in [5.41, 5.74) is 7.79. The minimum atomic E-state index is -0.195. The molecule has 0 aliphatic carbocycles. The molecular formula is C16H18ClN3O2. The van der Waals surface area contributed by atoms with Crippen LogP contribution >= 0.6 is 11.6 Å². The molecule has 2 heterocycles. The Hall–Kier alpha value is -1.85. The monoisotopic (exact) mass is 319 g/mol. The van der Waals surface area contributed by atoms with Crippen molar-refractivity contribution in [2.75, 3.05) is 19.4 Å². The maximum atomic E-state index is 11.8. The number of carbonyl (C=O) groups excluding carboxylic acids is 1. The van der Waals surface area contributed by atoms with Crippen molar-refractivity contribution < 1.29 is 9.53 Å². The van der Waals surface area contributed by atoms with Gasteiger partial charge in [0.15, 0.2) is 0 Å². The molecule has 6 heteroatoms. The molecule has 0 saturated carbocycles. The molecule has 2 N–H and O–H groups in total. The number of benzene rings is 1. The first-order chi connectivity index (χ1) is 10.6. The van der Waals surface area contributed by atoms with Crippen molar-refractivity contribution >= 4 is 34.3 Å². The molecule has 2 aromatic rings. The third kappa shape index (κ3) is 2.87. The molecule has 3 rings (SSSR count). The molecule has 1 atom stereocenters. The van der Waals surface area contributed by atoms with E-state index in [4.69, 9.17) is 22.1 Å². The standard InChI is InChI=1S/C16H18ClN3O2/c1-22-16(21)14-3-2-6-20(14)9-11-7-10-8-12(17)4-5-13(10)19-15(11)18/h4-5,7-8,14H,2-3,6,9H2,1H3,(H2,18,19)/t14-/m0/s1. The van der Waals surface area contributed by atoms with E-state index in [2.05, 4.69) is 9.88 Å². The van der Waals surface area contributed by atoms with Crippen LogP contribution in [0.4, 0.5) is 5.82 Å². The fourth-order valence-corrected chi connectivity index (χ4v) is 3.15. The van der Waals surface area contributed by atoms with Crippen LogP contribution in [-0.4, -0.2) is 35.5 Å². The number of likely N-dealkylation sites (tertiary alicyclic amines) is 1. The van der Waals surface area contributed by atoms with Gasteiger partial charge in [0.1, 0.15) is 11.9 Å². The molecule has 1 fully saturated rings. The summed E-state index contributed by atoms with van der Waals surface area (Å²) < 4.78 is 4.87.